The van der Waals surface area contributed by atoms with Gasteiger partial charge in [0.05, 0.1) is 25.7 Å². The van der Waals surface area contributed by atoms with Gasteiger partial charge >= 0.3 is 0 Å². The van der Waals surface area contributed by atoms with Gasteiger partial charge in [0, 0.05) is 35.5 Å². The maximum Gasteiger partial charge on any atom is 0.229 e. The van der Waals surface area contributed by atoms with Crippen LogP contribution >= 0.6 is 0 Å². The lowest BCUT2D eigenvalue weighted by Crippen LogP contribution is -2.53. The molecule has 6 rings (SSSR count). The van der Waals surface area contributed by atoms with Crippen LogP contribution in [0.5, 0.6) is 11.5 Å². The van der Waals surface area contributed by atoms with E-state index in [1.165, 1.54) is 11.1 Å². The summed E-state index contributed by atoms with van der Waals surface area (Å²) in [6.07, 6.45) is 1.28. The number of hydrogen-bond acceptors (Lipinski definition) is 4. The molecule has 2 aliphatic rings. The number of amides is 1. The zero-order valence-electron chi connectivity index (χ0n) is 24.6. The van der Waals surface area contributed by atoms with E-state index in [-0.39, 0.29) is 29.1 Å². The van der Waals surface area contributed by atoms with Crippen molar-refractivity contribution in [2.45, 2.75) is 36.7 Å². The van der Waals surface area contributed by atoms with Crippen LogP contribution in [-0.4, -0.2) is 43.2 Å². The molecule has 2 fully saturated rings. The molecule has 1 aliphatic carbocycles. The van der Waals surface area contributed by atoms with Gasteiger partial charge in [-0.1, -0.05) is 97.1 Å². The molecule has 5 nitrogen and oxygen atoms in total. The number of fused-ring (bicyclic) bond motifs is 1. The number of methoxy groups -OCH3 is 2. The predicted molar refractivity (Wildman–Crippen MR) is 165 cm³/mol. The first-order valence-corrected chi connectivity index (χ1v) is 14.8. The van der Waals surface area contributed by atoms with Crippen LogP contribution in [0.3, 0.4) is 0 Å². The highest BCUT2D eigenvalue weighted by atomic mass is 16.5. The summed E-state index contributed by atoms with van der Waals surface area (Å²) < 4.78 is 11.4. The average Bonchev–Trinajstić information content (AvgIpc) is 3.52. The van der Waals surface area contributed by atoms with Crippen LogP contribution in [-0.2, 0) is 15.8 Å². The van der Waals surface area contributed by atoms with E-state index in [0.29, 0.717) is 31.0 Å². The first-order chi connectivity index (χ1) is 20.4. The summed E-state index contributed by atoms with van der Waals surface area (Å²) in [5.41, 5.74) is 2.58. The topological polar surface area (TPSA) is 59.0 Å². The van der Waals surface area contributed by atoms with E-state index in [9.17, 15) is 9.90 Å². The summed E-state index contributed by atoms with van der Waals surface area (Å²) in [6, 6.07) is 36.8. The molecule has 4 aromatic rings. The lowest BCUT2D eigenvalue weighted by Gasteiger charge is -2.53. The average molecular weight is 562 g/mol. The minimum Gasteiger partial charge on any atom is -0.496 e. The number of hydrogen-bond donors (Lipinski definition) is 1. The van der Waals surface area contributed by atoms with Crippen LogP contribution in [0.15, 0.2) is 109 Å². The molecule has 0 aromatic heterocycles. The van der Waals surface area contributed by atoms with E-state index in [1.807, 2.05) is 72.5 Å². The highest BCUT2D eigenvalue weighted by Crippen LogP contribution is 2.60. The van der Waals surface area contributed by atoms with Crippen molar-refractivity contribution in [3.63, 3.8) is 0 Å². The number of carbonyl (C=O) groups excluding carboxylic acids is 1. The Morgan fingerprint density at radius 2 is 1.26 bits per heavy atom. The van der Waals surface area contributed by atoms with Crippen LogP contribution in [0.1, 0.15) is 47.9 Å². The molecule has 4 aromatic carbocycles. The summed E-state index contributed by atoms with van der Waals surface area (Å²) in [4.78, 5) is 16.3. The van der Waals surface area contributed by atoms with Crippen molar-refractivity contribution in [2.75, 3.05) is 27.3 Å². The van der Waals surface area contributed by atoms with Crippen molar-refractivity contribution in [1.82, 2.24) is 4.90 Å². The van der Waals surface area contributed by atoms with Gasteiger partial charge in [0.1, 0.15) is 11.5 Å². The highest BCUT2D eigenvalue weighted by molar-refractivity contribution is 5.84. The Labute approximate surface area is 248 Å². The van der Waals surface area contributed by atoms with Gasteiger partial charge < -0.3 is 19.5 Å². The van der Waals surface area contributed by atoms with E-state index in [2.05, 4.69) is 48.5 Å². The molecule has 216 valence electrons. The fraction of sp³-hybridized carbons (Fsp3) is 0.324. The largest absolute Gasteiger partial charge is 0.496 e. The molecular weight excluding hydrogens is 522 g/mol. The third kappa shape index (κ3) is 4.47. The van der Waals surface area contributed by atoms with Gasteiger partial charge in [-0.25, -0.2) is 0 Å². The number of carbonyl (C=O) groups is 1. The fourth-order valence-corrected chi connectivity index (χ4v) is 7.85. The lowest BCUT2D eigenvalue weighted by atomic mass is 9.52. The van der Waals surface area contributed by atoms with E-state index >= 15 is 0 Å². The zero-order valence-corrected chi connectivity index (χ0v) is 24.6. The molecule has 0 radical (unpaired) electrons. The second-order valence-electron chi connectivity index (χ2n) is 11.7. The van der Waals surface area contributed by atoms with Gasteiger partial charge in [-0.3, -0.25) is 4.79 Å². The molecular formula is C37H39NO4. The summed E-state index contributed by atoms with van der Waals surface area (Å²) >= 11 is 0. The maximum atomic E-state index is 14.3. The molecule has 1 N–H and O–H groups in total. The Kier molecular flexibility index (Phi) is 7.54. The number of rotatable bonds is 7. The van der Waals surface area contributed by atoms with Gasteiger partial charge in [-0.15, -0.1) is 0 Å². The SMILES string of the molecule is COc1ccccc1C(C)C(=O)N1C[C@@H]2[C@H](C1)C(c1ccccc1)(c1ccccc1)CCC2(O)c1ccccc1OC. The molecule has 2 unspecified atom stereocenters. The Balaban J connectivity index is 1.49. The zero-order chi connectivity index (χ0) is 29.3. The first kappa shape index (κ1) is 28.0. The number of likely N-dealkylation sites (tertiary alicyclic amines) is 1. The van der Waals surface area contributed by atoms with Crippen molar-refractivity contribution >= 4 is 5.91 Å². The molecule has 1 heterocycles. The maximum absolute atomic E-state index is 14.3. The highest BCUT2D eigenvalue weighted by Gasteiger charge is 2.61. The Morgan fingerprint density at radius 1 is 0.738 bits per heavy atom. The third-order valence-electron chi connectivity index (χ3n) is 9.91. The van der Waals surface area contributed by atoms with E-state index < -0.39 is 5.60 Å². The van der Waals surface area contributed by atoms with Crippen molar-refractivity contribution in [3.05, 3.63) is 131 Å². The molecule has 42 heavy (non-hydrogen) atoms. The summed E-state index contributed by atoms with van der Waals surface area (Å²) in [7, 11) is 3.29. The Hall–Kier alpha value is -4.09. The van der Waals surface area contributed by atoms with Crippen molar-refractivity contribution in [2.24, 2.45) is 11.8 Å². The number of nitrogens with zero attached hydrogens (tertiary/aromatic N) is 1. The standard InChI is InChI=1S/C37H39NO4/c1-26(29-18-10-12-20-33(29)41-2)35(39)38-24-31-32(25-38)37(40,30-19-11-13-21-34(30)42-3)23-22-36(31,27-14-6-4-7-15-27)28-16-8-5-9-17-28/h4-21,26,31-32,40H,22-25H2,1-3H3/t26?,31-,32+,37?/m0/s1. The summed E-state index contributed by atoms with van der Waals surface area (Å²) in [5.74, 6) is 0.813. The second kappa shape index (κ2) is 11.3. The molecule has 1 saturated heterocycles. The van der Waals surface area contributed by atoms with Gasteiger partial charge in [-0.05, 0) is 48.9 Å². The molecule has 0 bridgehead atoms. The molecule has 4 atom stereocenters. The summed E-state index contributed by atoms with van der Waals surface area (Å²) in [6.45, 7) is 2.96. The van der Waals surface area contributed by atoms with Crippen LogP contribution < -0.4 is 9.47 Å². The third-order valence-corrected chi connectivity index (χ3v) is 9.91. The molecule has 1 saturated carbocycles. The quantitative estimate of drug-likeness (QED) is 0.278. The molecule has 1 amide bonds. The normalized spacial score (nSPS) is 23.6. The minimum atomic E-state index is -1.16. The van der Waals surface area contributed by atoms with Crippen LogP contribution in [0.2, 0.25) is 0 Å². The molecule has 0 spiro atoms. The number of ether oxygens (including phenoxy) is 2. The smallest absolute Gasteiger partial charge is 0.229 e. The molecule has 1 aliphatic heterocycles. The first-order valence-electron chi connectivity index (χ1n) is 14.8. The summed E-state index contributed by atoms with van der Waals surface area (Å²) in [5, 5.41) is 12.8. The fourth-order valence-electron chi connectivity index (χ4n) is 7.85. The van der Waals surface area contributed by atoms with E-state index in [0.717, 1.165) is 17.5 Å². The van der Waals surface area contributed by atoms with Crippen molar-refractivity contribution < 1.29 is 19.4 Å². The van der Waals surface area contributed by atoms with E-state index in [1.54, 1.807) is 14.2 Å². The van der Waals surface area contributed by atoms with Crippen LogP contribution in [0, 0.1) is 11.8 Å². The van der Waals surface area contributed by atoms with Gasteiger partial charge in [0.2, 0.25) is 5.91 Å². The monoisotopic (exact) mass is 561 g/mol. The number of aliphatic hydroxyl groups is 1. The lowest BCUT2D eigenvalue weighted by molar-refractivity contribution is -0.132. The molecule has 5 heteroatoms. The van der Waals surface area contributed by atoms with E-state index in [4.69, 9.17) is 9.47 Å². The van der Waals surface area contributed by atoms with Crippen molar-refractivity contribution in [3.8, 4) is 11.5 Å². The predicted octanol–water partition coefficient (Wildman–Crippen LogP) is 6.55. The Bertz CT molecular complexity index is 1500. The van der Waals surface area contributed by atoms with Crippen LogP contribution in [0.4, 0.5) is 0 Å². The van der Waals surface area contributed by atoms with Crippen molar-refractivity contribution in [1.29, 1.82) is 0 Å². The Morgan fingerprint density at radius 3 is 1.88 bits per heavy atom. The van der Waals surface area contributed by atoms with Crippen LogP contribution in [0.25, 0.3) is 0 Å². The second-order valence-corrected chi connectivity index (χ2v) is 11.7. The van der Waals surface area contributed by atoms with Gasteiger partial charge in [-0.2, -0.15) is 0 Å². The number of para-hydroxylation sites is 2. The van der Waals surface area contributed by atoms with Gasteiger partial charge in [0.15, 0.2) is 0 Å². The van der Waals surface area contributed by atoms with Gasteiger partial charge in [0.25, 0.3) is 0 Å². The number of benzene rings is 4. The minimum absolute atomic E-state index is 0.0280.